The number of thiophene rings is 1. The van der Waals surface area contributed by atoms with Gasteiger partial charge in [0.05, 0.1) is 11.5 Å². The predicted molar refractivity (Wildman–Crippen MR) is 73.1 cm³/mol. The van der Waals surface area contributed by atoms with E-state index >= 15 is 0 Å². The summed E-state index contributed by atoms with van der Waals surface area (Å²) >= 11 is 1.41. The summed E-state index contributed by atoms with van der Waals surface area (Å²) in [5, 5.41) is 22.6. The van der Waals surface area contributed by atoms with Crippen LogP contribution in [0, 0.1) is 11.3 Å². The molecule has 6 heteroatoms. The van der Waals surface area contributed by atoms with E-state index in [1.54, 1.807) is 0 Å². The number of fused-ring (bicyclic) bond motifs is 1. The van der Waals surface area contributed by atoms with E-state index in [-0.39, 0.29) is 0 Å². The number of carboxylic acid groups (broad SMARTS) is 1. The largest absolute Gasteiger partial charge is 0.545 e. The number of hydrogen-bond acceptors (Lipinski definition) is 5. The van der Waals surface area contributed by atoms with Gasteiger partial charge in [0, 0.05) is 11.0 Å². The zero-order valence-electron chi connectivity index (χ0n) is 10.8. The number of nitrogens with zero attached hydrogens (tertiary/aromatic N) is 1. The highest BCUT2D eigenvalue weighted by Crippen LogP contribution is 2.36. The smallest absolute Gasteiger partial charge is 0.249 e. The van der Waals surface area contributed by atoms with Crippen molar-refractivity contribution in [2.75, 3.05) is 5.32 Å². The van der Waals surface area contributed by atoms with E-state index < -0.39 is 11.9 Å². The molecule has 5 nitrogen and oxygen atoms in total. The first kappa shape index (κ1) is 14.3. The summed E-state index contributed by atoms with van der Waals surface area (Å²) in [7, 11) is 0. The van der Waals surface area contributed by atoms with Crippen LogP contribution in [-0.2, 0) is 22.4 Å². The molecule has 20 heavy (non-hydrogen) atoms. The van der Waals surface area contributed by atoms with Crippen LogP contribution >= 0.6 is 11.3 Å². The van der Waals surface area contributed by atoms with E-state index in [1.807, 2.05) is 0 Å². The molecule has 0 saturated heterocycles. The Hall–Kier alpha value is -2.13. The normalized spacial score (nSPS) is 14.3. The summed E-state index contributed by atoms with van der Waals surface area (Å²) in [4.78, 5) is 23.0. The molecule has 1 aliphatic carbocycles. The lowest BCUT2D eigenvalue weighted by atomic mass is 10.1. The number of anilines is 1. The van der Waals surface area contributed by atoms with Crippen LogP contribution in [0.4, 0.5) is 5.00 Å². The zero-order valence-corrected chi connectivity index (χ0v) is 11.6. The third kappa shape index (κ3) is 3.25. The Balaban J connectivity index is 2.23. The van der Waals surface area contributed by atoms with Gasteiger partial charge < -0.3 is 15.2 Å². The van der Waals surface area contributed by atoms with Gasteiger partial charge >= 0.3 is 0 Å². The van der Waals surface area contributed by atoms with Crippen LogP contribution in [0.3, 0.4) is 0 Å². The minimum Gasteiger partial charge on any atom is -0.545 e. The number of nitriles is 1. The van der Waals surface area contributed by atoms with Gasteiger partial charge in [0.2, 0.25) is 5.91 Å². The minimum atomic E-state index is -1.43. The van der Waals surface area contributed by atoms with Crippen LogP contribution in [0.15, 0.2) is 12.2 Å². The summed E-state index contributed by atoms with van der Waals surface area (Å²) in [5.41, 5.74) is 1.55. The molecule has 1 heterocycles. The number of amides is 1. The van der Waals surface area contributed by atoms with E-state index in [9.17, 15) is 20.0 Å². The standard InChI is InChI=1S/C14H14N2O3S/c15-8-10-9-4-2-1-3-5-11(9)20-14(10)16-12(17)6-7-13(18)19/h6-7H,1-5H2,(H,16,17)(H,18,19)/p-1/b7-6+. The molecule has 1 amide bonds. The van der Waals surface area contributed by atoms with Crippen molar-refractivity contribution in [1.29, 1.82) is 5.26 Å². The van der Waals surface area contributed by atoms with Crippen molar-refractivity contribution in [3.05, 3.63) is 28.2 Å². The molecule has 0 radical (unpaired) electrons. The van der Waals surface area contributed by atoms with Crippen molar-refractivity contribution >= 4 is 28.2 Å². The van der Waals surface area contributed by atoms with Crippen molar-refractivity contribution < 1.29 is 14.7 Å². The van der Waals surface area contributed by atoms with E-state index in [0.29, 0.717) is 16.6 Å². The fraction of sp³-hybridized carbons (Fsp3) is 0.357. The van der Waals surface area contributed by atoms with E-state index in [2.05, 4.69) is 11.4 Å². The van der Waals surface area contributed by atoms with E-state index in [0.717, 1.165) is 48.6 Å². The Morgan fingerprint density at radius 3 is 2.70 bits per heavy atom. The van der Waals surface area contributed by atoms with Gasteiger partial charge in [-0.1, -0.05) is 6.42 Å². The molecule has 104 valence electrons. The average molecular weight is 289 g/mol. The van der Waals surface area contributed by atoms with Crippen LogP contribution in [0.25, 0.3) is 0 Å². The van der Waals surface area contributed by atoms with Gasteiger partial charge in [-0.05, 0) is 37.3 Å². The first-order chi connectivity index (χ1) is 9.61. The molecule has 0 spiro atoms. The number of nitrogens with one attached hydrogen (secondary N) is 1. The summed E-state index contributed by atoms with van der Waals surface area (Å²) in [6.45, 7) is 0. The van der Waals surface area contributed by atoms with Crippen LogP contribution in [-0.4, -0.2) is 11.9 Å². The predicted octanol–water partition coefficient (Wildman–Crippen LogP) is 1.13. The highest BCUT2D eigenvalue weighted by Gasteiger charge is 2.20. The second kappa shape index (κ2) is 6.35. The summed E-state index contributed by atoms with van der Waals surface area (Å²) < 4.78 is 0. The molecule has 0 bridgehead atoms. The quantitative estimate of drug-likeness (QED) is 0.667. The Bertz CT molecular complexity index is 611. The van der Waals surface area contributed by atoms with Crippen molar-refractivity contribution in [3.63, 3.8) is 0 Å². The Labute approximate surface area is 120 Å². The van der Waals surface area contributed by atoms with Gasteiger partial charge in [-0.2, -0.15) is 5.26 Å². The Kier molecular flexibility index (Phi) is 4.53. The molecule has 0 saturated carbocycles. The lowest BCUT2D eigenvalue weighted by molar-refractivity contribution is -0.297. The van der Waals surface area contributed by atoms with Crippen LogP contribution in [0.2, 0.25) is 0 Å². The lowest BCUT2D eigenvalue weighted by Gasteiger charge is -2.00. The molecule has 0 aliphatic heterocycles. The van der Waals surface area contributed by atoms with Crippen molar-refractivity contribution in [2.24, 2.45) is 0 Å². The average Bonchev–Trinajstić information content (AvgIpc) is 2.58. The summed E-state index contributed by atoms with van der Waals surface area (Å²) in [6.07, 6.45) is 6.65. The molecule has 0 aromatic carbocycles. The maximum absolute atomic E-state index is 11.6. The maximum Gasteiger partial charge on any atom is 0.249 e. The summed E-state index contributed by atoms with van der Waals surface area (Å²) in [5.74, 6) is -2.00. The van der Waals surface area contributed by atoms with E-state index in [4.69, 9.17) is 0 Å². The molecular weight excluding hydrogens is 276 g/mol. The molecule has 2 rings (SSSR count). The number of hydrogen-bond donors (Lipinski definition) is 1. The molecule has 1 N–H and O–H groups in total. The van der Waals surface area contributed by atoms with E-state index in [1.165, 1.54) is 11.3 Å². The highest BCUT2D eigenvalue weighted by molar-refractivity contribution is 7.16. The lowest BCUT2D eigenvalue weighted by Crippen LogP contribution is -2.20. The number of aliphatic carboxylic acids is 1. The molecule has 0 unspecified atom stereocenters. The number of carbonyl (C=O) groups excluding carboxylic acids is 2. The second-order valence-electron chi connectivity index (χ2n) is 4.52. The first-order valence-electron chi connectivity index (χ1n) is 6.36. The van der Waals surface area contributed by atoms with Crippen LogP contribution in [0.5, 0.6) is 0 Å². The number of carbonyl (C=O) groups is 2. The molecule has 0 atom stereocenters. The molecular formula is C14H13N2O3S-. The fourth-order valence-corrected chi connectivity index (χ4v) is 3.49. The first-order valence-corrected chi connectivity index (χ1v) is 7.18. The molecule has 0 fully saturated rings. The fourth-order valence-electron chi connectivity index (χ4n) is 2.25. The van der Waals surface area contributed by atoms with Crippen LogP contribution < -0.4 is 10.4 Å². The number of rotatable bonds is 3. The number of carboxylic acids is 1. The van der Waals surface area contributed by atoms with Gasteiger partial charge in [-0.25, -0.2) is 0 Å². The third-order valence-corrected chi connectivity index (χ3v) is 4.35. The zero-order chi connectivity index (χ0) is 14.5. The van der Waals surface area contributed by atoms with Crippen molar-refractivity contribution in [3.8, 4) is 6.07 Å². The Morgan fingerprint density at radius 1 is 1.25 bits per heavy atom. The van der Waals surface area contributed by atoms with Gasteiger partial charge in [0.1, 0.15) is 11.1 Å². The SMILES string of the molecule is N#Cc1c(NC(=O)/C=C/C(=O)[O-])sc2c1CCCCC2. The monoisotopic (exact) mass is 289 g/mol. The molecule has 1 aromatic rings. The van der Waals surface area contributed by atoms with Gasteiger partial charge in [0.25, 0.3) is 0 Å². The van der Waals surface area contributed by atoms with Crippen molar-refractivity contribution in [2.45, 2.75) is 32.1 Å². The second-order valence-corrected chi connectivity index (χ2v) is 5.63. The van der Waals surface area contributed by atoms with Crippen LogP contribution in [0.1, 0.15) is 35.3 Å². The molecule has 1 aromatic heterocycles. The van der Waals surface area contributed by atoms with Gasteiger partial charge in [0.15, 0.2) is 0 Å². The maximum atomic E-state index is 11.6. The Morgan fingerprint density at radius 2 is 2.00 bits per heavy atom. The van der Waals surface area contributed by atoms with Gasteiger partial charge in [-0.15, -0.1) is 11.3 Å². The highest BCUT2D eigenvalue weighted by atomic mass is 32.1. The van der Waals surface area contributed by atoms with Gasteiger partial charge in [-0.3, -0.25) is 4.79 Å². The third-order valence-electron chi connectivity index (χ3n) is 3.14. The topological polar surface area (TPSA) is 93.0 Å². The summed E-state index contributed by atoms with van der Waals surface area (Å²) in [6, 6.07) is 2.14. The van der Waals surface area contributed by atoms with Crippen molar-refractivity contribution in [1.82, 2.24) is 0 Å². The number of aryl methyl sites for hydroxylation is 1. The molecule has 1 aliphatic rings. The minimum absolute atomic E-state index is 0.507.